The van der Waals surface area contributed by atoms with Crippen LogP contribution in [0.5, 0.6) is 0 Å². The van der Waals surface area contributed by atoms with Gasteiger partial charge in [-0.05, 0) is 12.1 Å². The van der Waals surface area contributed by atoms with E-state index in [4.69, 9.17) is 11.6 Å². The first-order valence-corrected chi connectivity index (χ1v) is 3.09. The number of rotatable bonds is 1. The maximum Gasteiger partial charge on any atom is 0.323 e. The highest BCUT2D eigenvalue weighted by molar-refractivity contribution is 6.32. The van der Waals surface area contributed by atoms with E-state index in [9.17, 15) is 14.5 Å². The van der Waals surface area contributed by atoms with E-state index in [1.165, 1.54) is 12.1 Å². The molecule has 0 bridgehead atoms. The van der Waals surface area contributed by atoms with Gasteiger partial charge in [0.05, 0.1) is 4.92 Å². The van der Waals surface area contributed by atoms with Crippen molar-refractivity contribution in [2.24, 2.45) is 0 Å². The molecule has 58 valence electrons. The number of hydrogen-bond acceptors (Lipinski definition) is 2. The van der Waals surface area contributed by atoms with Crippen molar-refractivity contribution in [1.29, 1.82) is 0 Å². The molecule has 3 nitrogen and oxygen atoms in total. The molecule has 0 aliphatic heterocycles. The van der Waals surface area contributed by atoms with Gasteiger partial charge in [-0.1, -0.05) is 17.7 Å². The molecule has 0 spiro atoms. The van der Waals surface area contributed by atoms with Crippen LogP contribution in [-0.2, 0) is 0 Å². The molecule has 0 heterocycles. The molecule has 0 saturated carbocycles. The number of nitro benzene ring substituents is 1. The third kappa shape index (κ3) is 1.46. The lowest BCUT2D eigenvalue weighted by atomic mass is 10.3. The maximum absolute atomic E-state index is 12.6. The Kier molecular flexibility index (Phi) is 2.05. The highest BCUT2D eigenvalue weighted by atomic mass is 35.5. The molecule has 0 atom stereocenters. The standard InChI is InChI=1S/C6H3ClFNO2/c7-4-2-1-3-5(8)6(4)9(10)11/h1-3H. The van der Waals surface area contributed by atoms with Crippen LogP contribution in [0.25, 0.3) is 0 Å². The highest BCUT2D eigenvalue weighted by Crippen LogP contribution is 2.26. The van der Waals surface area contributed by atoms with Crippen LogP contribution in [0, 0.1) is 15.9 Å². The van der Waals surface area contributed by atoms with Gasteiger partial charge in [-0.3, -0.25) is 10.1 Å². The van der Waals surface area contributed by atoms with E-state index in [2.05, 4.69) is 0 Å². The van der Waals surface area contributed by atoms with Crippen molar-refractivity contribution in [3.05, 3.63) is 39.2 Å². The van der Waals surface area contributed by atoms with Gasteiger partial charge in [-0.15, -0.1) is 0 Å². The van der Waals surface area contributed by atoms with Gasteiger partial charge in [0.15, 0.2) is 0 Å². The van der Waals surface area contributed by atoms with Gasteiger partial charge in [0.2, 0.25) is 5.82 Å². The molecule has 0 unspecified atom stereocenters. The first-order valence-electron chi connectivity index (χ1n) is 2.71. The summed E-state index contributed by atoms with van der Waals surface area (Å²) in [6.07, 6.45) is 0. The Morgan fingerprint density at radius 1 is 1.55 bits per heavy atom. The average Bonchev–Trinajstić information content (AvgIpc) is 1.85. The Hall–Kier alpha value is -1.16. The maximum atomic E-state index is 12.6. The van der Waals surface area contributed by atoms with Crippen LogP contribution in [0.4, 0.5) is 10.1 Å². The molecule has 1 aromatic carbocycles. The highest BCUT2D eigenvalue weighted by Gasteiger charge is 2.17. The summed E-state index contributed by atoms with van der Waals surface area (Å²) in [4.78, 5) is 9.27. The number of hydrogen-bond donors (Lipinski definition) is 0. The van der Waals surface area contributed by atoms with E-state index in [-0.39, 0.29) is 5.02 Å². The van der Waals surface area contributed by atoms with Crippen molar-refractivity contribution in [3.8, 4) is 0 Å². The Bertz CT molecular complexity index is 282. The summed E-state index contributed by atoms with van der Waals surface area (Å²) >= 11 is 5.34. The van der Waals surface area contributed by atoms with Gasteiger partial charge in [-0.2, -0.15) is 4.39 Å². The summed E-state index contributed by atoms with van der Waals surface area (Å²) in [6, 6.07) is 3.57. The van der Waals surface area contributed by atoms with Crippen LogP contribution < -0.4 is 0 Å². The molecule has 0 aliphatic carbocycles. The van der Waals surface area contributed by atoms with E-state index < -0.39 is 16.4 Å². The van der Waals surface area contributed by atoms with Crippen molar-refractivity contribution < 1.29 is 9.31 Å². The first-order chi connectivity index (χ1) is 5.13. The molecule has 0 radical (unpaired) electrons. The summed E-state index contributed by atoms with van der Waals surface area (Å²) in [7, 11) is 0. The summed E-state index contributed by atoms with van der Waals surface area (Å²) in [5.74, 6) is -0.914. The minimum atomic E-state index is -0.914. The Labute approximate surface area is 66.6 Å². The van der Waals surface area contributed by atoms with E-state index in [1.54, 1.807) is 0 Å². The van der Waals surface area contributed by atoms with Gasteiger partial charge in [-0.25, -0.2) is 0 Å². The SMILES string of the molecule is O=[N+]([O-])c1c(F)cccc1Cl. The third-order valence-corrected chi connectivity index (χ3v) is 1.43. The van der Waals surface area contributed by atoms with Crippen LogP contribution in [0.3, 0.4) is 0 Å². The number of halogens is 2. The van der Waals surface area contributed by atoms with Gasteiger partial charge in [0.25, 0.3) is 0 Å². The molecule has 1 rings (SSSR count). The smallest absolute Gasteiger partial charge is 0.258 e. The Morgan fingerprint density at radius 3 is 2.55 bits per heavy atom. The predicted molar refractivity (Wildman–Crippen MR) is 38.1 cm³/mol. The minimum absolute atomic E-state index is 0.185. The van der Waals surface area contributed by atoms with E-state index >= 15 is 0 Å². The number of nitro groups is 1. The van der Waals surface area contributed by atoms with Crippen molar-refractivity contribution in [2.75, 3.05) is 0 Å². The molecule has 0 aromatic heterocycles. The molecule has 0 amide bonds. The lowest BCUT2D eigenvalue weighted by molar-refractivity contribution is -0.387. The summed E-state index contributed by atoms with van der Waals surface area (Å²) in [5.41, 5.74) is -0.672. The van der Waals surface area contributed by atoms with Gasteiger partial charge in [0.1, 0.15) is 5.02 Å². The van der Waals surface area contributed by atoms with Crippen molar-refractivity contribution >= 4 is 17.3 Å². The first kappa shape index (κ1) is 7.94. The van der Waals surface area contributed by atoms with E-state index in [0.29, 0.717) is 0 Å². The van der Waals surface area contributed by atoms with Crippen LogP contribution in [0.2, 0.25) is 5.02 Å². The quantitative estimate of drug-likeness (QED) is 0.486. The number of benzene rings is 1. The lowest BCUT2D eigenvalue weighted by Gasteiger charge is -1.93. The van der Waals surface area contributed by atoms with Crippen LogP contribution in [-0.4, -0.2) is 4.92 Å². The molecular formula is C6H3ClFNO2. The average molecular weight is 176 g/mol. The minimum Gasteiger partial charge on any atom is -0.258 e. The third-order valence-electron chi connectivity index (χ3n) is 1.12. The second-order valence-corrected chi connectivity index (χ2v) is 2.23. The zero-order valence-corrected chi connectivity index (χ0v) is 6.01. The molecule has 0 aliphatic rings. The second-order valence-electron chi connectivity index (χ2n) is 1.83. The van der Waals surface area contributed by atoms with Gasteiger partial charge in [0, 0.05) is 0 Å². The fourth-order valence-electron chi connectivity index (χ4n) is 0.663. The summed E-state index contributed by atoms with van der Waals surface area (Å²) in [5, 5.41) is 9.94. The van der Waals surface area contributed by atoms with Gasteiger partial charge < -0.3 is 0 Å². The fourth-order valence-corrected chi connectivity index (χ4v) is 0.895. The normalized spacial score (nSPS) is 9.64. The van der Waals surface area contributed by atoms with Crippen molar-refractivity contribution in [1.82, 2.24) is 0 Å². The Morgan fingerprint density at radius 2 is 2.18 bits per heavy atom. The molecule has 1 aromatic rings. The topological polar surface area (TPSA) is 43.1 Å². The lowest BCUT2D eigenvalue weighted by Crippen LogP contribution is -1.92. The van der Waals surface area contributed by atoms with Crippen molar-refractivity contribution in [2.45, 2.75) is 0 Å². The summed E-state index contributed by atoms with van der Waals surface area (Å²) < 4.78 is 12.6. The fraction of sp³-hybridized carbons (Fsp3) is 0. The second kappa shape index (κ2) is 2.84. The van der Waals surface area contributed by atoms with Crippen LogP contribution >= 0.6 is 11.6 Å². The molecule has 5 heteroatoms. The monoisotopic (exact) mass is 175 g/mol. The Balaban J connectivity index is 3.32. The van der Waals surface area contributed by atoms with Gasteiger partial charge >= 0.3 is 5.69 Å². The van der Waals surface area contributed by atoms with Crippen molar-refractivity contribution in [3.63, 3.8) is 0 Å². The van der Waals surface area contributed by atoms with E-state index in [0.717, 1.165) is 6.07 Å². The van der Waals surface area contributed by atoms with E-state index in [1.807, 2.05) is 0 Å². The number of para-hydroxylation sites is 1. The molecule has 0 saturated heterocycles. The molecule has 11 heavy (non-hydrogen) atoms. The largest absolute Gasteiger partial charge is 0.323 e. The predicted octanol–water partition coefficient (Wildman–Crippen LogP) is 2.39. The zero-order chi connectivity index (χ0) is 8.43. The number of nitrogens with zero attached hydrogens (tertiary/aromatic N) is 1. The summed E-state index contributed by atoms with van der Waals surface area (Å²) in [6.45, 7) is 0. The van der Waals surface area contributed by atoms with Crippen LogP contribution in [0.1, 0.15) is 0 Å². The van der Waals surface area contributed by atoms with Crippen LogP contribution in [0.15, 0.2) is 18.2 Å². The molecule has 0 fully saturated rings. The molecular weight excluding hydrogens is 173 g/mol. The zero-order valence-electron chi connectivity index (χ0n) is 5.25. The molecule has 0 N–H and O–H groups in total.